The third kappa shape index (κ3) is 2.87. The van der Waals surface area contributed by atoms with Gasteiger partial charge in [0.1, 0.15) is 29.8 Å². The van der Waals surface area contributed by atoms with Crippen LogP contribution < -0.4 is 0 Å². The highest BCUT2D eigenvalue weighted by molar-refractivity contribution is 8.14. The van der Waals surface area contributed by atoms with Crippen molar-refractivity contribution >= 4 is 16.9 Å². The molecule has 0 bridgehead atoms. The Morgan fingerprint density at radius 1 is 1.50 bits per heavy atom. The fraction of sp³-hybridized carbons (Fsp3) is 0.769. The lowest BCUT2D eigenvalue weighted by molar-refractivity contribution is -0.184. The number of nitrogens with zero attached hydrogens (tertiary/aromatic N) is 2. The zero-order chi connectivity index (χ0) is 14.9. The molecular weight excluding hydrogens is 280 g/mol. The first-order chi connectivity index (χ1) is 9.49. The number of rotatable bonds is 4. The molecule has 0 aliphatic carbocycles. The molecule has 2 aliphatic rings. The van der Waals surface area contributed by atoms with Gasteiger partial charge in [-0.2, -0.15) is 0 Å². The van der Waals surface area contributed by atoms with Crippen molar-refractivity contribution in [3.05, 3.63) is 12.7 Å². The number of aliphatic imine (C=N–C) groups is 1. The molecule has 114 valence electrons. The monoisotopic (exact) mass is 302 g/mol. The summed E-state index contributed by atoms with van der Waals surface area (Å²) >= 11 is 1.42. The SMILES string of the molecule is C=CC[C@H](O)C1O[C@@H]2SC(N(C)CC)=N[C@@H]2[C@@H](O)[C@@H]1O. The van der Waals surface area contributed by atoms with Gasteiger partial charge < -0.3 is 25.0 Å². The summed E-state index contributed by atoms with van der Waals surface area (Å²) in [4.78, 5) is 6.38. The number of aliphatic hydroxyl groups is 3. The summed E-state index contributed by atoms with van der Waals surface area (Å²) in [7, 11) is 1.91. The summed E-state index contributed by atoms with van der Waals surface area (Å²) in [5.41, 5.74) is -0.373. The Morgan fingerprint density at radius 2 is 2.20 bits per heavy atom. The Labute approximate surface area is 123 Å². The van der Waals surface area contributed by atoms with Gasteiger partial charge in [-0.1, -0.05) is 17.8 Å². The van der Waals surface area contributed by atoms with Crippen molar-refractivity contribution in [3.8, 4) is 0 Å². The Kier molecular flexibility index (Phi) is 5.09. The molecule has 1 saturated heterocycles. The third-order valence-corrected chi connectivity index (χ3v) is 4.93. The number of hydrogen-bond acceptors (Lipinski definition) is 7. The van der Waals surface area contributed by atoms with Gasteiger partial charge in [0, 0.05) is 13.6 Å². The number of ether oxygens (including phenoxy) is 1. The van der Waals surface area contributed by atoms with E-state index in [0.717, 1.165) is 11.7 Å². The average molecular weight is 302 g/mol. The lowest BCUT2D eigenvalue weighted by Gasteiger charge is -2.40. The van der Waals surface area contributed by atoms with Crippen LogP contribution >= 0.6 is 11.8 Å². The minimum atomic E-state index is -1.15. The number of amidine groups is 1. The van der Waals surface area contributed by atoms with Gasteiger partial charge in [0.25, 0.3) is 0 Å². The Hall–Kier alpha value is -0.600. The van der Waals surface area contributed by atoms with E-state index >= 15 is 0 Å². The molecule has 0 saturated carbocycles. The predicted octanol–water partition coefficient (Wildman–Crippen LogP) is -0.207. The summed E-state index contributed by atoms with van der Waals surface area (Å²) < 4.78 is 5.75. The van der Waals surface area contributed by atoms with Gasteiger partial charge in [-0.15, -0.1) is 6.58 Å². The molecule has 7 heteroatoms. The molecule has 6 atom stereocenters. The maximum Gasteiger partial charge on any atom is 0.162 e. The normalized spacial score (nSPS) is 38.0. The molecule has 2 rings (SSSR count). The Balaban J connectivity index is 2.11. The predicted molar refractivity (Wildman–Crippen MR) is 78.6 cm³/mol. The average Bonchev–Trinajstić information content (AvgIpc) is 2.86. The van der Waals surface area contributed by atoms with Crippen molar-refractivity contribution in [2.75, 3.05) is 13.6 Å². The molecule has 1 unspecified atom stereocenters. The molecule has 0 amide bonds. The van der Waals surface area contributed by atoms with Crippen LogP contribution in [0.5, 0.6) is 0 Å². The van der Waals surface area contributed by atoms with Crippen LogP contribution in [0, 0.1) is 0 Å². The van der Waals surface area contributed by atoms with Crippen molar-refractivity contribution in [1.82, 2.24) is 4.90 Å². The van der Waals surface area contributed by atoms with E-state index in [9.17, 15) is 15.3 Å². The first-order valence-corrected chi connectivity index (χ1v) is 7.63. The number of aliphatic hydroxyl groups excluding tert-OH is 3. The molecule has 0 spiro atoms. The smallest absolute Gasteiger partial charge is 0.162 e. The summed E-state index contributed by atoms with van der Waals surface area (Å²) in [6, 6.07) is -0.494. The van der Waals surface area contributed by atoms with Crippen LogP contribution in [0.4, 0.5) is 0 Å². The van der Waals surface area contributed by atoms with Crippen molar-refractivity contribution in [2.24, 2.45) is 4.99 Å². The quantitative estimate of drug-likeness (QED) is 0.623. The van der Waals surface area contributed by atoms with Gasteiger partial charge in [-0.05, 0) is 13.3 Å². The number of thioether (sulfide) groups is 1. The largest absolute Gasteiger partial charge is 0.390 e. The van der Waals surface area contributed by atoms with E-state index < -0.39 is 30.5 Å². The van der Waals surface area contributed by atoms with Crippen molar-refractivity contribution < 1.29 is 20.1 Å². The second-order valence-corrected chi connectivity index (χ2v) is 6.14. The van der Waals surface area contributed by atoms with E-state index in [1.165, 1.54) is 11.8 Å². The van der Waals surface area contributed by atoms with Crippen LogP contribution in [0.1, 0.15) is 13.3 Å². The standard InChI is InChI=1S/C13H22N2O4S/c1-4-6-7(16)11-10(18)9(17)8-12(19-11)20-13(14-8)15(3)5-2/h4,7-12,16-18H,1,5-6H2,2-3H3/t7-,8+,9+,10-,11?,12+/m0/s1. The molecule has 0 aromatic heterocycles. The van der Waals surface area contributed by atoms with Crippen LogP contribution in [-0.2, 0) is 4.74 Å². The third-order valence-electron chi connectivity index (χ3n) is 3.68. The number of fused-ring (bicyclic) bond motifs is 1. The van der Waals surface area contributed by atoms with Gasteiger partial charge in [-0.25, -0.2) is 0 Å². The van der Waals surface area contributed by atoms with Crippen LogP contribution in [0.25, 0.3) is 0 Å². The van der Waals surface area contributed by atoms with Crippen LogP contribution in [0.2, 0.25) is 0 Å². The molecular formula is C13H22N2O4S. The topological polar surface area (TPSA) is 85.5 Å². The van der Waals surface area contributed by atoms with Gasteiger partial charge >= 0.3 is 0 Å². The molecule has 0 radical (unpaired) electrons. The summed E-state index contributed by atoms with van der Waals surface area (Å²) in [5.74, 6) is 0. The second-order valence-electron chi connectivity index (χ2n) is 5.08. The van der Waals surface area contributed by atoms with E-state index in [1.54, 1.807) is 6.08 Å². The van der Waals surface area contributed by atoms with Crippen molar-refractivity contribution in [2.45, 2.75) is 49.2 Å². The molecule has 0 aromatic rings. The zero-order valence-corrected chi connectivity index (χ0v) is 12.5. The molecule has 2 aliphatic heterocycles. The van der Waals surface area contributed by atoms with Gasteiger partial charge in [0.2, 0.25) is 0 Å². The van der Waals surface area contributed by atoms with E-state index in [1.807, 2.05) is 18.9 Å². The van der Waals surface area contributed by atoms with E-state index in [4.69, 9.17) is 4.74 Å². The summed E-state index contributed by atoms with van der Waals surface area (Å²) in [5, 5.41) is 31.1. The fourth-order valence-corrected chi connectivity index (χ4v) is 3.56. The Bertz CT molecular complexity index is 393. The lowest BCUT2D eigenvalue weighted by atomic mass is 9.94. The van der Waals surface area contributed by atoms with Gasteiger partial charge in [-0.3, -0.25) is 4.99 Å². The van der Waals surface area contributed by atoms with E-state index in [2.05, 4.69) is 11.6 Å². The maximum absolute atomic E-state index is 10.2. The first kappa shape index (κ1) is 15.8. The van der Waals surface area contributed by atoms with Crippen LogP contribution in [-0.4, -0.2) is 74.9 Å². The highest BCUT2D eigenvalue weighted by Gasteiger charge is 2.50. The van der Waals surface area contributed by atoms with Crippen LogP contribution in [0.3, 0.4) is 0 Å². The van der Waals surface area contributed by atoms with E-state index in [-0.39, 0.29) is 5.44 Å². The highest BCUT2D eigenvalue weighted by atomic mass is 32.2. The summed E-state index contributed by atoms with van der Waals surface area (Å²) in [6.07, 6.45) is -2.02. The Morgan fingerprint density at radius 3 is 2.80 bits per heavy atom. The van der Waals surface area contributed by atoms with Gasteiger partial charge in [0.05, 0.1) is 6.10 Å². The highest BCUT2D eigenvalue weighted by Crippen LogP contribution is 2.38. The maximum atomic E-state index is 10.2. The van der Waals surface area contributed by atoms with Crippen LogP contribution in [0.15, 0.2) is 17.6 Å². The molecule has 3 N–H and O–H groups in total. The molecule has 20 heavy (non-hydrogen) atoms. The second kappa shape index (κ2) is 6.44. The first-order valence-electron chi connectivity index (χ1n) is 6.75. The molecule has 1 fully saturated rings. The minimum Gasteiger partial charge on any atom is -0.390 e. The van der Waals surface area contributed by atoms with Gasteiger partial charge in [0.15, 0.2) is 5.17 Å². The van der Waals surface area contributed by atoms with Crippen molar-refractivity contribution in [1.29, 1.82) is 0 Å². The summed E-state index contributed by atoms with van der Waals surface area (Å²) in [6.45, 7) is 6.36. The zero-order valence-electron chi connectivity index (χ0n) is 11.7. The number of hydrogen-bond donors (Lipinski definition) is 3. The lowest BCUT2D eigenvalue weighted by Crippen LogP contribution is -2.58. The van der Waals surface area contributed by atoms with E-state index in [0.29, 0.717) is 6.42 Å². The fourth-order valence-electron chi connectivity index (χ4n) is 2.32. The molecule has 0 aromatic carbocycles. The van der Waals surface area contributed by atoms with Crippen molar-refractivity contribution in [3.63, 3.8) is 0 Å². The minimum absolute atomic E-state index is 0.305. The molecule has 6 nitrogen and oxygen atoms in total. The molecule has 2 heterocycles.